The Morgan fingerprint density at radius 1 is 1.46 bits per heavy atom. The van der Waals surface area contributed by atoms with Crippen LogP contribution in [0.1, 0.15) is 0 Å². The van der Waals surface area contributed by atoms with Crippen LogP contribution in [0.2, 0.25) is 0 Å². The highest BCUT2D eigenvalue weighted by Crippen LogP contribution is 2.38. The highest BCUT2D eigenvalue weighted by Gasteiger charge is 2.08. The van der Waals surface area contributed by atoms with Crippen molar-refractivity contribution in [3.63, 3.8) is 0 Å². The van der Waals surface area contributed by atoms with Crippen molar-refractivity contribution in [2.24, 2.45) is 0 Å². The van der Waals surface area contributed by atoms with Crippen LogP contribution in [0.5, 0.6) is 0 Å². The normalized spacial score (nSPS) is 11.0. The summed E-state index contributed by atoms with van der Waals surface area (Å²) in [6, 6.07) is 6.33. The molecule has 1 aromatic carbocycles. The number of thiophene rings is 1. The molecule has 4 heteroatoms. The molecule has 0 aliphatic heterocycles. The van der Waals surface area contributed by atoms with E-state index in [0.717, 1.165) is 4.90 Å². The third kappa shape index (κ3) is 1.86. The molecule has 0 aliphatic carbocycles. The number of halogens is 1. The molecule has 0 bridgehead atoms. The molecule has 0 fully saturated rings. The number of benzene rings is 1. The highest BCUT2D eigenvalue weighted by molar-refractivity contribution is 14.1. The SMILES string of the molecule is CSc1c(I)sc2cc(S)ccc12. The van der Waals surface area contributed by atoms with Gasteiger partial charge in [0.05, 0.1) is 2.88 Å². The van der Waals surface area contributed by atoms with E-state index in [9.17, 15) is 0 Å². The van der Waals surface area contributed by atoms with Crippen molar-refractivity contribution in [1.82, 2.24) is 0 Å². The fourth-order valence-corrected chi connectivity index (χ4v) is 5.04. The summed E-state index contributed by atoms with van der Waals surface area (Å²) in [4.78, 5) is 2.44. The first kappa shape index (κ1) is 10.1. The van der Waals surface area contributed by atoms with Gasteiger partial charge in [-0.15, -0.1) is 35.7 Å². The second kappa shape index (κ2) is 4.00. The maximum atomic E-state index is 4.33. The van der Waals surface area contributed by atoms with Gasteiger partial charge in [-0.2, -0.15) is 0 Å². The summed E-state index contributed by atoms with van der Waals surface area (Å²) in [6.07, 6.45) is 2.12. The lowest BCUT2D eigenvalue weighted by atomic mass is 10.3. The summed E-state index contributed by atoms with van der Waals surface area (Å²) >= 11 is 10.4. The molecule has 2 rings (SSSR count). The minimum atomic E-state index is 1.04. The molecule has 1 aromatic heterocycles. The highest BCUT2D eigenvalue weighted by atomic mass is 127. The predicted molar refractivity (Wildman–Crippen MR) is 73.6 cm³/mol. The van der Waals surface area contributed by atoms with Gasteiger partial charge in [0.15, 0.2) is 0 Å². The molecule has 0 saturated carbocycles. The summed E-state index contributed by atoms with van der Waals surface area (Å²) in [7, 11) is 0. The van der Waals surface area contributed by atoms with Gasteiger partial charge >= 0.3 is 0 Å². The van der Waals surface area contributed by atoms with Crippen molar-refractivity contribution in [3.8, 4) is 0 Å². The van der Waals surface area contributed by atoms with Gasteiger partial charge in [-0.05, 0) is 41.0 Å². The van der Waals surface area contributed by atoms with Gasteiger partial charge in [-0.1, -0.05) is 6.07 Å². The van der Waals surface area contributed by atoms with Gasteiger partial charge in [-0.3, -0.25) is 0 Å². The standard InChI is InChI=1S/C9H7IS3/c1-12-8-6-3-2-5(11)4-7(6)13-9(8)10/h2-4,11H,1H3. The summed E-state index contributed by atoms with van der Waals surface area (Å²) in [5.41, 5.74) is 0. The van der Waals surface area contributed by atoms with Crippen LogP contribution in [0.15, 0.2) is 28.0 Å². The minimum Gasteiger partial charge on any atom is -0.143 e. The zero-order valence-electron chi connectivity index (χ0n) is 6.87. The third-order valence-electron chi connectivity index (χ3n) is 1.79. The Bertz CT molecular complexity index is 447. The predicted octanol–water partition coefficient (Wildman–Crippen LogP) is 4.52. The molecule has 1 heterocycles. The summed E-state index contributed by atoms with van der Waals surface area (Å²) in [5, 5.41) is 1.36. The summed E-state index contributed by atoms with van der Waals surface area (Å²) in [6.45, 7) is 0. The third-order valence-corrected chi connectivity index (χ3v) is 5.54. The van der Waals surface area contributed by atoms with Gasteiger partial charge < -0.3 is 0 Å². The topological polar surface area (TPSA) is 0 Å². The number of thioether (sulfide) groups is 1. The van der Waals surface area contributed by atoms with Crippen molar-refractivity contribution in [2.45, 2.75) is 9.79 Å². The van der Waals surface area contributed by atoms with Crippen molar-refractivity contribution >= 4 is 68.4 Å². The number of thiol groups is 1. The molecule has 68 valence electrons. The molecule has 2 aromatic rings. The Kier molecular flexibility index (Phi) is 3.12. The van der Waals surface area contributed by atoms with E-state index in [-0.39, 0.29) is 0 Å². The molecular weight excluding hydrogens is 331 g/mol. The average molecular weight is 338 g/mol. The van der Waals surface area contributed by atoms with Gasteiger partial charge in [0.1, 0.15) is 0 Å². The van der Waals surface area contributed by atoms with E-state index in [4.69, 9.17) is 0 Å². The first-order valence-electron chi connectivity index (χ1n) is 3.67. The molecule has 0 unspecified atom stereocenters. The molecule has 0 atom stereocenters. The van der Waals surface area contributed by atoms with Crippen LogP contribution in [0, 0.1) is 2.88 Å². The largest absolute Gasteiger partial charge is 0.143 e. The summed E-state index contributed by atoms with van der Waals surface area (Å²) < 4.78 is 2.71. The van der Waals surface area contributed by atoms with Crippen LogP contribution < -0.4 is 0 Å². The fourth-order valence-electron chi connectivity index (χ4n) is 1.22. The van der Waals surface area contributed by atoms with Crippen molar-refractivity contribution < 1.29 is 0 Å². The van der Waals surface area contributed by atoms with E-state index >= 15 is 0 Å². The molecule has 13 heavy (non-hydrogen) atoms. The minimum absolute atomic E-state index is 1.04. The van der Waals surface area contributed by atoms with Crippen molar-refractivity contribution in [1.29, 1.82) is 0 Å². The molecule has 0 nitrogen and oxygen atoms in total. The van der Waals surface area contributed by atoms with Gasteiger partial charge in [0.25, 0.3) is 0 Å². The van der Waals surface area contributed by atoms with Gasteiger partial charge in [0.2, 0.25) is 0 Å². The first-order valence-corrected chi connectivity index (χ1v) is 7.24. The maximum Gasteiger partial charge on any atom is 0.0801 e. The zero-order valence-corrected chi connectivity index (χ0v) is 11.6. The van der Waals surface area contributed by atoms with Crippen molar-refractivity contribution in [3.05, 3.63) is 21.1 Å². The molecular formula is C9H7IS3. The molecule has 0 amide bonds. The second-order valence-electron chi connectivity index (χ2n) is 2.59. The Balaban J connectivity index is 2.79. The lowest BCUT2D eigenvalue weighted by Gasteiger charge is -1.94. The van der Waals surface area contributed by atoms with Crippen LogP contribution in [0.3, 0.4) is 0 Å². The zero-order chi connectivity index (χ0) is 9.42. The van der Waals surface area contributed by atoms with Crippen LogP contribution in [0.25, 0.3) is 10.1 Å². The molecule has 0 spiro atoms. The fraction of sp³-hybridized carbons (Fsp3) is 0.111. The van der Waals surface area contributed by atoms with E-state index in [1.165, 1.54) is 17.9 Å². The van der Waals surface area contributed by atoms with Gasteiger partial charge in [-0.25, -0.2) is 0 Å². The second-order valence-corrected chi connectivity index (χ2v) is 6.79. The average Bonchev–Trinajstić information content (AvgIpc) is 2.39. The Morgan fingerprint density at radius 2 is 2.23 bits per heavy atom. The lowest BCUT2D eigenvalue weighted by molar-refractivity contribution is 1.52. The van der Waals surface area contributed by atoms with E-state index in [1.54, 1.807) is 0 Å². The number of fused-ring (bicyclic) bond motifs is 1. The van der Waals surface area contributed by atoms with E-state index in [2.05, 4.69) is 53.6 Å². The van der Waals surface area contributed by atoms with Crippen LogP contribution >= 0.6 is 58.3 Å². The smallest absolute Gasteiger partial charge is 0.0801 e. The lowest BCUT2D eigenvalue weighted by Crippen LogP contribution is -1.69. The van der Waals surface area contributed by atoms with E-state index in [1.807, 2.05) is 29.2 Å². The first-order chi connectivity index (χ1) is 6.22. The molecule has 0 saturated heterocycles. The Morgan fingerprint density at radius 3 is 2.92 bits per heavy atom. The quantitative estimate of drug-likeness (QED) is 0.453. The van der Waals surface area contributed by atoms with Gasteiger partial charge in [0, 0.05) is 19.9 Å². The maximum absolute atomic E-state index is 4.33. The number of rotatable bonds is 1. The number of hydrogen-bond donors (Lipinski definition) is 1. The Labute approximate surface area is 105 Å². The van der Waals surface area contributed by atoms with Crippen LogP contribution in [-0.2, 0) is 0 Å². The van der Waals surface area contributed by atoms with E-state index in [0.29, 0.717) is 0 Å². The summed E-state index contributed by atoms with van der Waals surface area (Å²) in [5.74, 6) is 0. The molecule has 0 aliphatic rings. The molecule has 0 radical (unpaired) electrons. The van der Waals surface area contributed by atoms with Crippen molar-refractivity contribution in [2.75, 3.05) is 6.26 Å². The number of hydrogen-bond acceptors (Lipinski definition) is 3. The van der Waals surface area contributed by atoms with Crippen LogP contribution in [0.4, 0.5) is 0 Å². The van der Waals surface area contributed by atoms with E-state index < -0.39 is 0 Å². The molecule has 0 N–H and O–H groups in total. The van der Waals surface area contributed by atoms with Crippen LogP contribution in [-0.4, -0.2) is 6.26 Å². The Hall–Kier alpha value is 0.610. The monoisotopic (exact) mass is 338 g/mol.